The van der Waals surface area contributed by atoms with Gasteiger partial charge in [0.25, 0.3) is 6.43 Å². The standard InChI is InChI=1S/C15H15F2NO/c1-18(11-15(16)17)12-7-9-14(10-8-12)19-13-5-3-2-4-6-13/h2-10,15H,11H2,1H3. The van der Waals surface area contributed by atoms with Crippen LogP contribution in [0.2, 0.25) is 0 Å². The van der Waals surface area contributed by atoms with Crippen LogP contribution in [0, 0.1) is 0 Å². The van der Waals surface area contributed by atoms with Gasteiger partial charge in [0.2, 0.25) is 0 Å². The predicted octanol–water partition coefficient (Wildman–Crippen LogP) is 4.18. The lowest BCUT2D eigenvalue weighted by Gasteiger charge is -2.18. The normalized spacial score (nSPS) is 10.5. The first kappa shape index (κ1) is 13.3. The number of anilines is 1. The van der Waals surface area contributed by atoms with E-state index in [1.807, 2.05) is 30.3 Å². The summed E-state index contributed by atoms with van der Waals surface area (Å²) >= 11 is 0. The minimum atomic E-state index is -2.34. The van der Waals surface area contributed by atoms with Crippen LogP contribution < -0.4 is 9.64 Å². The van der Waals surface area contributed by atoms with Crippen molar-refractivity contribution in [2.75, 3.05) is 18.5 Å². The van der Waals surface area contributed by atoms with Gasteiger partial charge in [-0.3, -0.25) is 0 Å². The van der Waals surface area contributed by atoms with E-state index < -0.39 is 6.43 Å². The van der Waals surface area contributed by atoms with Crippen LogP contribution in [0.5, 0.6) is 11.5 Å². The number of alkyl halides is 2. The highest BCUT2D eigenvalue weighted by molar-refractivity contribution is 5.49. The van der Waals surface area contributed by atoms with E-state index in [1.165, 1.54) is 4.90 Å². The van der Waals surface area contributed by atoms with Gasteiger partial charge >= 0.3 is 0 Å². The van der Waals surface area contributed by atoms with Crippen LogP contribution in [0.3, 0.4) is 0 Å². The van der Waals surface area contributed by atoms with E-state index in [9.17, 15) is 8.78 Å². The van der Waals surface area contributed by atoms with E-state index in [0.29, 0.717) is 5.75 Å². The van der Waals surface area contributed by atoms with Crippen LogP contribution in [0.4, 0.5) is 14.5 Å². The number of benzene rings is 2. The SMILES string of the molecule is CN(CC(F)F)c1ccc(Oc2ccccc2)cc1. The molecule has 0 saturated heterocycles. The van der Waals surface area contributed by atoms with Crippen molar-refractivity contribution in [3.63, 3.8) is 0 Å². The Morgan fingerprint density at radius 2 is 1.53 bits per heavy atom. The highest BCUT2D eigenvalue weighted by Gasteiger charge is 2.08. The molecule has 0 amide bonds. The van der Waals surface area contributed by atoms with Gasteiger partial charge in [0.15, 0.2) is 0 Å². The van der Waals surface area contributed by atoms with Gasteiger partial charge < -0.3 is 9.64 Å². The second-order valence-electron chi connectivity index (χ2n) is 4.18. The van der Waals surface area contributed by atoms with Crippen LogP contribution in [-0.2, 0) is 0 Å². The van der Waals surface area contributed by atoms with Crippen LogP contribution >= 0.6 is 0 Å². The lowest BCUT2D eigenvalue weighted by molar-refractivity contribution is 0.156. The van der Waals surface area contributed by atoms with Gasteiger partial charge in [-0.25, -0.2) is 8.78 Å². The second kappa shape index (κ2) is 6.18. The fourth-order valence-corrected chi connectivity index (χ4v) is 1.71. The van der Waals surface area contributed by atoms with E-state index in [2.05, 4.69) is 0 Å². The number of ether oxygens (including phenoxy) is 1. The first-order valence-corrected chi connectivity index (χ1v) is 5.97. The predicted molar refractivity (Wildman–Crippen MR) is 72.2 cm³/mol. The third kappa shape index (κ3) is 3.95. The Labute approximate surface area is 111 Å². The third-order valence-electron chi connectivity index (χ3n) is 2.67. The summed E-state index contributed by atoms with van der Waals surface area (Å²) in [7, 11) is 1.64. The van der Waals surface area contributed by atoms with Crippen molar-refractivity contribution >= 4 is 5.69 Å². The van der Waals surface area contributed by atoms with Crippen molar-refractivity contribution in [2.24, 2.45) is 0 Å². The molecule has 0 unspecified atom stereocenters. The van der Waals surface area contributed by atoms with E-state index >= 15 is 0 Å². The van der Waals surface area contributed by atoms with E-state index in [0.717, 1.165) is 11.4 Å². The molecule has 0 fully saturated rings. The molecule has 0 aliphatic heterocycles. The average Bonchev–Trinajstić information content (AvgIpc) is 2.40. The summed E-state index contributed by atoms with van der Waals surface area (Å²) in [5, 5.41) is 0. The first-order valence-electron chi connectivity index (χ1n) is 5.97. The van der Waals surface area contributed by atoms with Gasteiger partial charge in [0.05, 0.1) is 6.54 Å². The molecule has 0 heterocycles. The zero-order chi connectivity index (χ0) is 13.7. The molecule has 0 atom stereocenters. The summed E-state index contributed by atoms with van der Waals surface area (Å²) in [6.45, 7) is -0.279. The number of rotatable bonds is 5. The maximum absolute atomic E-state index is 12.3. The number of hydrogen-bond donors (Lipinski definition) is 0. The zero-order valence-corrected chi connectivity index (χ0v) is 10.6. The Hall–Kier alpha value is -2.10. The van der Waals surface area contributed by atoms with Crippen molar-refractivity contribution < 1.29 is 13.5 Å². The Morgan fingerprint density at radius 1 is 0.947 bits per heavy atom. The number of halogens is 2. The van der Waals surface area contributed by atoms with Crippen molar-refractivity contribution in [2.45, 2.75) is 6.43 Å². The van der Waals surface area contributed by atoms with E-state index in [4.69, 9.17) is 4.74 Å². The van der Waals surface area contributed by atoms with Gasteiger partial charge in [-0.15, -0.1) is 0 Å². The molecule has 19 heavy (non-hydrogen) atoms. The molecular formula is C15H15F2NO. The van der Waals surface area contributed by atoms with Crippen molar-refractivity contribution in [3.8, 4) is 11.5 Å². The van der Waals surface area contributed by atoms with Crippen LogP contribution in [0.15, 0.2) is 54.6 Å². The van der Waals surface area contributed by atoms with Gasteiger partial charge in [-0.1, -0.05) is 18.2 Å². The van der Waals surface area contributed by atoms with Crippen molar-refractivity contribution in [1.82, 2.24) is 0 Å². The molecule has 0 saturated carbocycles. The molecule has 4 heteroatoms. The van der Waals surface area contributed by atoms with Gasteiger partial charge in [0, 0.05) is 12.7 Å². The lowest BCUT2D eigenvalue weighted by atomic mass is 10.2. The molecule has 2 rings (SSSR count). The lowest BCUT2D eigenvalue weighted by Crippen LogP contribution is -2.23. The fraction of sp³-hybridized carbons (Fsp3) is 0.200. The van der Waals surface area contributed by atoms with Gasteiger partial charge in [-0.05, 0) is 36.4 Å². The monoisotopic (exact) mass is 263 g/mol. The highest BCUT2D eigenvalue weighted by atomic mass is 19.3. The van der Waals surface area contributed by atoms with Crippen molar-refractivity contribution in [3.05, 3.63) is 54.6 Å². The first-order chi connectivity index (χ1) is 9.15. The third-order valence-corrected chi connectivity index (χ3v) is 2.67. The smallest absolute Gasteiger partial charge is 0.255 e. The number of para-hydroxylation sites is 1. The van der Waals surface area contributed by atoms with Crippen LogP contribution in [-0.4, -0.2) is 20.0 Å². The topological polar surface area (TPSA) is 12.5 Å². The average molecular weight is 263 g/mol. The molecule has 2 aromatic rings. The summed E-state index contributed by atoms with van der Waals surface area (Å²) in [4.78, 5) is 1.51. The molecule has 100 valence electrons. The molecule has 0 radical (unpaired) electrons. The van der Waals surface area contributed by atoms with Crippen LogP contribution in [0.25, 0.3) is 0 Å². The Balaban J connectivity index is 2.02. The highest BCUT2D eigenvalue weighted by Crippen LogP contribution is 2.24. The summed E-state index contributed by atoms with van der Waals surface area (Å²) in [5.74, 6) is 1.43. The van der Waals surface area contributed by atoms with E-state index in [1.54, 1.807) is 31.3 Å². The molecule has 0 aromatic heterocycles. The minimum Gasteiger partial charge on any atom is -0.457 e. The summed E-state index contributed by atoms with van der Waals surface area (Å²) in [6, 6.07) is 16.5. The minimum absolute atomic E-state index is 0.279. The molecular weight excluding hydrogens is 248 g/mol. The molecule has 0 bridgehead atoms. The molecule has 2 nitrogen and oxygen atoms in total. The number of hydrogen-bond acceptors (Lipinski definition) is 2. The quantitative estimate of drug-likeness (QED) is 0.802. The maximum atomic E-state index is 12.3. The number of nitrogens with zero attached hydrogens (tertiary/aromatic N) is 1. The molecule has 0 N–H and O–H groups in total. The Morgan fingerprint density at radius 3 is 2.11 bits per heavy atom. The molecule has 2 aromatic carbocycles. The largest absolute Gasteiger partial charge is 0.457 e. The molecule has 0 aliphatic carbocycles. The fourth-order valence-electron chi connectivity index (χ4n) is 1.71. The maximum Gasteiger partial charge on any atom is 0.255 e. The van der Waals surface area contributed by atoms with Crippen molar-refractivity contribution in [1.29, 1.82) is 0 Å². The zero-order valence-electron chi connectivity index (χ0n) is 10.6. The van der Waals surface area contributed by atoms with Crippen LogP contribution in [0.1, 0.15) is 0 Å². The summed E-state index contributed by atoms with van der Waals surface area (Å²) in [5.41, 5.74) is 0.737. The summed E-state index contributed by atoms with van der Waals surface area (Å²) in [6.07, 6.45) is -2.34. The molecule has 0 aliphatic rings. The van der Waals surface area contributed by atoms with Gasteiger partial charge in [-0.2, -0.15) is 0 Å². The molecule has 0 spiro atoms. The van der Waals surface area contributed by atoms with E-state index in [-0.39, 0.29) is 6.54 Å². The van der Waals surface area contributed by atoms with Gasteiger partial charge in [0.1, 0.15) is 11.5 Å². The summed E-state index contributed by atoms with van der Waals surface area (Å²) < 4.78 is 30.2. The Kier molecular flexibility index (Phi) is 4.34. The second-order valence-corrected chi connectivity index (χ2v) is 4.18. The Bertz CT molecular complexity index is 499.